The largest absolute Gasteiger partial charge is 0.352 e. The van der Waals surface area contributed by atoms with Crippen LogP contribution in [0.2, 0.25) is 0 Å². The fourth-order valence-electron chi connectivity index (χ4n) is 1.77. The first kappa shape index (κ1) is 16.5. The minimum atomic E-state index is -0.629. The van der Waals surface area contributed by atoms with Crippen LogP contribution in [0.3, 0.4) is 0 Å². The van der Waals surface area contributed by atoms with Crippen LogP contribution in [0.25, 0.3) is 0 Å². The topological polar surface area (TPSA) is 84.2 Å². The van der Waals surface area contributed by atoms with E-state index in [4.69, 9.17) is 5.73 Å². The van der Waals surface area contributed by atoms with Gasteiger partial charge in [-0.2, -0.15) is 0 Å². The predicted molar refractivity (Wildman–Crippen MR) is 79.5 cm³/mol. The van der Waals surface area contributed by atoms with E-state index < -0.39 is 6.04 Å². The standard InChI is InChI=1S/C14H19N3O2.ClH/c15-12(8-10-4-2-1-3-5-10)14(19)16-9-13(18)17-11-6-7-11;/h1-5,11-12H,6-9,15H2,(H,16,19)(H,17,18);1H/t12-;/m0./s1. The molecule has 2 amide bonds. The summed E-state index contributed by atoms with van der Waals surface area (Å²) in [5.41, 5.74) is 6.81. The molecule has 6 heteroatoms. The number of benzene rings is 1. The highest BCUT2D eigenvalue weighted by Crippen LogP contribution is 2.18. The number of amides is 2. The molecule has 0 radical (unpaired) electrons. The van der Waals surface area contributed by atoms with Gasteiger partial charge in [-0.3, -0.25) is 9.59 Å². The highest BCUT2D eigenvalue weighted by atomic mass is 35.5. The molecule has 1 aromatic carbocycles. The molecule has 0 saturated heterocycles. The minimum Gasteiger partial charge on any atom is -0.352 e. The Bertz CT molecular complexity index is 449. The Labute approximate surface area is 124 Å². The number of halogens is 1. The summed E-state index contributed by atoms with van der Waals surface area (Å²) in [5.74, 6) is -0.447. The van der Waals surface area contributed by atoms with Gasteiger partial charge in [-0.25, -0.2) is 0 Å². The molecule has 0 aromatic heterocycles. The second kappa shape index (κ2) is 7.87. The predicted octanol–water partition coefficient (Wildman–Crippen LogP) is 0.373. The lowest BCUT2D eigenvalue weighted by atomic mass is 10.1. The van der Waals surface area contributed by atoms with Crippen LogP contribution in [0.1, 0.15) is 18.4 Å². The number of hydrogen-bond donors (Lipinski definition) is 3. The van der Waals surface area contributed by atoms with Gasteiger partial charge in [0.15, 0.2) is 0 Å². The number of rotatable bonds is 6. The van der Waals surface area contributed by atoms with Crippen LogP contribution in [0, 0.1) is 0 Å². The summed E-state index contributed by atoms with van der Waals surface area (Å²) in [6.45, 7) is -0.00216. The molecule has 0 aliphatic heterocycles. The molecule has 2 rings (SSSR count). The average Bonchev–Trinajstić information content (AvgIpc) is 3.21. The fourth-order valence-corrected chi connectivity index (χ4v) is 1.77. The van der Waals surface area contributed by atoms with Gasteiger partial charge in [-0.15, -0.1) is 12.4 Å². The van der Waals surface area contributed by atoms with E-state index >= 15 is 0 Å². The highest BCUT2D eigenvalue weighted by Gasteiger charge is 2.23. The van der Waals surface area contributed by atoms with Crippen LogP contribution < -0.4 is 16.4 Å². The minimum absolute atomic E-state index is 0. The first-order chi connectivity index (χ1) is 9.15. The van der Waals surface area contributed by atoms with E-state index in [1.54, 1.807) is 0 Å². The van der Waals surface area contributed by atoms with Gasteiger partial charge in [0, 0.05) is 6.04 Å². The van der Waals surface area contributed by atoms with Gasteiger partial charge in [0.25, 0.3) is 0 Å². The van der Waals surface area contributed by atoms with Crippen molar-refractivity contribution in [2.24, 2.45) is 5.73 Å². The van der Waals surface area contributed by atoms with E-state index in [0.29, 0.717) is 12.5 Å². The zero-order valence-electron chi connectivity index (χ0n) is 11.2. The number of nitrogens with two attached hydrogens (primary N) is 1. The van der Waals surface area contributed by atoms with Gasteiger partial charge in [-0.05, 0) is 24.8 Å². The smallest absolute Gasteiger partial charge is 0.239 e. The summed E-state index contributed by atoms with van der Waals surface area (Å²) >= 11 is 0. The maximum absolute atomic E-state index is 11.7. The summed E-state index contributed by atoms with van der Waals surface area (Å²) in [7, 11) is 0. The summed E-state index contributed by atoms with van der Waals surface area (Å²) in [4.78, 5) is 23.1. The molecule has 1 atom stereocenters. The van der Waals surface area contributed by atoms with Crippen molar-refractivity contribution in [1.29, 1.82) is 0 Å². The van der Waals surface area contributed by atoms with Crippen molar-refractivity contribution in [2.45, 2.75) is 31.3 Å². The summed E-state index contributed by atoms with van der Waals surface area (Å²) < 4.78 is 0. The Morgan fingerprint density at radius 2 is 1.90 bits per heavy atom. The third-order valence-corrected chi connectivity index (χ3v) is 3.00. The summed E-state index contributed by atoms with van der Waals surface area (Å²) in [6, 6.07) is 9.25. The van der Waals surface area contributed by atoms with Crippen molar-refractivity contribution < 1.29 is 9.59 Å². The molecule has 5 nitrogen and oxygen atoms in total. The molecule has 1 aliphatic rings. The summed E-state index contributed by atoms with van der Waals surface area (Å²) in [5, 5.41) is 5.36. The number of nitrogens with one attached hydrogen (secondary N) is 2. The molecule has 4 N–H and O–H groups in total. The quantitative estimate of drug-likeness (QED) is 0.709. The molecule has 0 heterocycles. The van der Waals surface area contributed by atoms with Gasteiger partial charge < -0.3 is 16.4 Å². The highest BCUT2D eigenvalue weighted by molar-refractivity contribution is 5.87. The molecular formula is C14H20ClN3O2. The van der Waals surface area contributed by atoms with E-state index in [-0.39, 0.29) is 30.8 Å². The molecule has 0 bridgehead atoms. The van der Waals surface area contributed by atoms with Crippen LogP contribution >= 0.6 is 12.4 Å². The van der Waals surface area contributed by atoms with E-state index in [0.717, 1.165) is 18.4 Å². The lowest BCUT2D eigenvalue weighted by Crippen LogP contribution is -2.46. The van der Waals surface area contributed by atoms with Crippen LogP contribution in [-0.2, 0) is 16.0 Å². The third-order valence-electron chi connectivity index (χ3n) is 3.00. The molecule has 20 heavy (non-hydrogen) atoms. The lowest BCUT2D eigenvalue weighted by molar-refractivity contribution is -0.126. The molecule has 0 spiro atoms. The van der Waals surface area contributed by atoms with Crippen molar-refractivity contribution in [1.82, 2.24) is 10.6 Å². The second-order valence-electron chi connectivity index (χ2n) is 4.86. The van der Waals surface area contributed by atoms with E-state index in [2.05, 4.69) is 10.6 Å². The van der Waals surface area contributed by atoms with Crippen LogP contribution in [0.15, 0.2) is 30.3 Å². The van der Waals surface area contributed by atoms with E-state index in [9.17, 15) is 9.59 Å². The molecular weight excluding hydrogens is 278 g/mol. The number of carbonyl (C=O) groups excluding carboxylic acids is 2. The van der Waals surface area contributed by atoms with Gasteiger partial charge >= 0.3 is 0 Å². The zero-order valence-corrected chi connectivity index (χ0v) is 12.0. The lowest BCUT2D eigenvalue weighted by Gasteiger charge is -2.12. The molecule has 1 saturated carbocycles. The fraction of sp³-hybridized carbons (Fsp3) is 0.429. The van der Waals surface area contributed by atoms with Crippen LogP contribution in [0.4, 0.5) is 0 Å². The summed E-state index contributed by atoms with van der Waals surface area (Å²) in [6.07, 6.45) is 2.54. The number of carbonyl (C=O) groups is 2. The van der Waals surface area contributed by atoms with Crippen molar-refractivity contribution >= 4 is 24.2 Å². The van der Waals surface area contributed by atoms with Gasteiger partial charge in [0.2, 0.25) is 11.8 Å². The van der Waals surface area contributed by atoms with Gasteiger partial charge in [0.1, 0.15) is 0 Å². The first-order valence-corrected chi connectivity index (χ1v) is 6.52. The maximum Gasteiger partial charge on any atom is 0.239 e. The second-order valence-corrected chi connectivity index (χ2v) is 4.86. The number of hydrogen-bond acceptors (Lipinski definition) is 3. The van der Waals surface area contributed by atoms with Crippen molar-refractivity contribution in [3.05, 3.63) is 35.9 Å². The van der Waals surface area contributed by atoms with E-state index in [1.165, 1.54) is 0 Å². The van der Waals surface area contributed by atoms with E-state index in [1.807, 2.05) is 30.3 Å². The molecule has 1 fully saturated rings. The van der Waals surface area contributed by atoms with Crippen molar-refractivity contribution in [3.63, 3.8) is 0 Å². The monoisotopic (exact) mass is 297 g/mol. The molecule has 1 aromatic rings. The zero-order chi connectivity index (χ0) is 13.7. The van der Waals surface area contributed by atoms with Gasteiger partial charge in [-0.1, -0.05) is 30.3 Å². The Morgan fingerprint density at radius 3 is 2.50 bits per heavy atom. The van der Waals surface area contributed by atoms with Crippen molar-refractivity contribution in [3.8, 4) is 0 Å². The van der Waals surface area contributed by atoms with Crippen molar-refractivity contribution in [2.75, 3.05) is 6.54 Å². The van der Waals surface area contributed by atoms with Crippen LogP contribution in [-0.4, -0.2) is 30.4 Å². The Morgan fingerprint density at radius 1 is 1.25 bits per heavy atom. The SMILES string of the molecule is Cl.N[C@@H](Cc1ccccc1)C(=O)NCC(=O)NC1CC1. The first-order valence-electron chi connectivity index (χ1n) is 6.52. The molecule has 0 unspecified atom stereocenters. The normalized spacial score (nSPS) is 14.8. The molecule has 110 valence electrons. The third kappa shape index (κ3) is 5.59. The van der Waals surface area contributed by atoms with Crippen LogP contribution in [0.5, 0.6) is 0 Å². The maximum atomic E-state index is 11.7. The Kier molecular flexibility index (Phi) is 6.48. The molecule has 1 aliphatic carbocycles. The Hall–Kier alpha value is -1.59. The Balaban J connectivity index is 0.00000200. The average molecular weight is 298 g/mol. The van der Waals surface area contributed by atoms with Gasteiger partial charge in [0.05, 0.1) is 12.6 Å².